The van der Waals surface area contributed by atoms with Crippen LogP contribution < -0.4 is 0 Å². The van der Waals surface area contributed by atoms with E-state index >= 15 is 0 Å². The molecule has 0 bridgehead atoms. The second kappa shape index (κ2) is 5.32. The van der Waals surface area contributed by atoms with E-state index in [0.717, 1.165) is 31.8 Å². The average Bonchev–Trinajstić information content (AvgIpc) is 2.76. The van der Waals surface area contributed by atoms with Crippen molar-refractivity contribution < 1.29 is 0 Å². The maximum Gasteiger partial charge on any atom is 0.106 e. The second-order valence-corrected chi connectivity index (χ2v) is 3.90. The van der Waals surface area contributed by atoms with Gasteiger partial charge in [0.1, 0.15) is 12.4 Å². The molecule has 1 aromatic rings. The number of benzene rings is 1. The number of amidine groups is 1. The lowest BCUT2D eigenvalue weighted by atomic mass is 10.2. The lowest BCUT2D eigenvalue weighted by molar-refractivity contribution is 0.505. The van der Waals surface area contributed by atoms with E-state index in [1.807, 2.05) is 18.2 Å². The van der Waals surface area contributed by atoms with Crippen molar-refractivity contribution in [2.45, 2.75) is 19.4 Å². The summed E-state index contributed by atoms with van der Waals surface area (Å²) in [5, 5.41) is 8.68. The summed E-state index contributed by atoms with van der Waals surface area (Å²) in [6.07, 6.45) is 2.13. The molecule has 1 heterocycles. The maximum atomic E-state index is 8.68. The van der Waals surface area contributed by atoms with Crippen LogP contribution in [0.5, 0.6) is 0 Å². The average molecular weight is 213 g/mol. The predicted octanol–water partition coefficient (Wildman–Crippen LogP) is 2.20. The first-order chi connectivity index (χ1) is 7.90. The van der Waals surface area contributed by atoms with Crippen molar-refractivity contribution in [3.05, 3.63) is 35.9 Å². The Morgan fingerprint density at radius 2 is 2.12 bits per heavy atom. The summed E-state index contributed by atoms with van der Waals surface area (Å²) in [6, 6.07) is 12.4. The first-order valence-electron chi connectivity index (χ1n) is 5.59. The normalized spacial score (nSPS) is 17.7. The number of rotatable bonds is 3. The van der Waals surface area contributed by atoms with Gasteiger partial charge in [-0.25, -0.2) is 0 Å². The molecule has 0 N–H and O–H groups in total. The highest BCUT2D eigenvalue weighted by Crippen LogP contribution is 2.12. The fourth-order valence-corrected chi connectivity index (χ4v) is 1.92. The highest BCUT2D eigenvalue weighted by atomic mass is 15.2. The van der Waals surface area contributed by atoms with Gasteiger partial charge >= 0.3 is 0 Å². The third kappa shape index (κ3) is 2.60. The Balaban J connectivity index is 1.99. The Morgan fingerprint density at radius 1 is 1.31 bits per heavy atom. The maximum absolute atomic E-state index is 8.68. The van der Waals surface area contributed by atoms with Gasteiger partial charge < -0.3 is 4.90 Å². The SMILES string of the molecule is N#CCN1CCCC1=NCc1ccccc1. The molecule has 16 heavy (non-hydrogen) atoms. The summed E-state index contributed by atoms with van der Waals surface area (Å²) in [5.74, 6) is 1.09. The molecule has 3 heteroatoms. The third-order valence-corrected chi connectivity index (χ3v) is 2.74. The zero-order chi connectivity index (χ0) is 11.2. The first kappa shape index (κ1) is 10.7. The van der Waals surface area contributed by atoms with Crippen LogP contribution in [0.3, 0.4) is 0 Å². The summed E-state index contributed by atoms with van der Waals surface area (Å²) in [5.41, 5.74) is 1.22. The lowest BCUT2D eigenvalue weighted by Crippen LogP contribution is -2.25. The van der Waals surface area contributed by atoms with E-state index in [4.69, 9.17) is 5.26 Å². The molecular formula is C13H15N3. The minimum atomic E-state index is 0.466. The number of nitriles is 1. The van der Waals surface area contributed by atoms with Crippen LogP contribution in [0.2, 0.25) is 0 Å². The standard InChI is InChI=1S/C13H15N3/c14-8-10-16-9-4-7-13(16)15-11-12-5-2-1-3-6-12/h1-3,5-6H,4,7,9-11H2. The topological polar surface area (TPSA) is 39.4 Å². The van der Waals surface area contributed by atoms with Gasteiger partial charge in [0.25, 0.3) is 0 Å². The molecule has 82 valence electrons. The molecule has 1 fully saturated rings. The van der Waals surface area contributed by atoms with E-state index in [9.17, 15) is 0 Å². The Kier molecular flexibility index (Phi) is 3.55. The highest BCUT2D eigenvalue weighted by Gasteiger charge is 2.17. The molecule has 0 aliphatic carbocycles. The van der Waals surface area contributed by atoms with Crippen LogP contribution in [0.15, 0.2) is 35.3 Å². The molecule has 2 rings (SSSR count). The molecule has 0 saturated carbocycles. The third-order valence-electron chi connectivity index (χ3n) is 2.74. The van der Waals surface area contributed by atoms with Crippen LogP contribution in [0.4, 0.5) is 0 Å². The molecule has 0 atom stereocenters. The van der Waals surface area contributed by atoms with Gasteiger partial charge in [0.05, 0.1) is 12.6 Å². The molecule has 1 aliphatic heterocycles. The second-order valence-electron chi connectivity index (χ2n) is 3.90. The minimum Gasteiger partial charge on any atom is -0.347 e. The van der Waals surface area contributed by atoms with E-state index < -0.39 is 0 Å². The van der Waals surface area contributed by atoms with Gasteiger partial charge in [0.15, 0.2) is 0 Å². The van der Waals surface area contributed by atoms with Crippen LogP contribution in [0.1, 0.15) is 18.4 Å². The van der Waals surface area contributed by atoms with Gasteiger partial charge in [-0.15, -0.1) is 0 Å². The van der Waals surface area contributed by atoms with Gasteiger partial charge in [-0.3, -0.25) is 4.99 Å². The number of aliphatic imine (C=N–C) groups is 1. The van der Waals surface area contributed by atoms with Gasteiger partial charge in [0.2, 0.25) is 0 Å². The predicted molar refractivity (Wildman–Crippen MR) is 64.0 cm³/mol. The number of likely N-dealkylation sites (tertiary alicyclic amines) is 1. The van der Waals surface area contributed by atoms with Crippen molar-refractivity contribution in [1.82, 2.24) is 4.90 Å². The largest absolute Gasteiger partial charge is 0.347 e. The Labute approximate surface area is 96.0 Å². The van der Waals surface area contributed by atoms with E-state index in [1.165, 1.54) is 5.56 Å². The number of hydrogen-bond acceptors (Lipinski definition) is 2. The lowest BCUT2D eigenvalue weighted by Gasteiger charge is -2.14. The highest BCUT2D eigenvalue weighted by molar-refractivity contribution is 5.84. The fourth-order valence-electron chi connectivity index (χ4n) is 1.92. The van der Waals surface area contributed by atoms with Crippen LogP contribution >= 0.6 is 0 Å². The molecular weight excluding hydrogens is 198 g/mol. The molecule has 0 aromatic heterocycles. The zero-order valence-electron chi connectivity index (χ0n) is 9.26. The Hall–Kier alpha value is -1.82. The molecule has 0 spiro atoms. The summed E-state index contributed by atoms with van der Waals surface area (Å²) in [4.78, 5) is 6.66. The van der Waals surface area contributed by atoms with Crippen molar-refractivity contribution in [2.24, 2.45) is 4.99 Å². The van der Waals surface area contributed by atoms with Crippen molar-refractivity contribution in [3.63, 3.8) is 0 Å². The first-order valence-corrected chi connectivity index (χ1v) is 5.59. The monoisotopic (exact) mass is 213 g/mol. The Morgan fingerprint density at radius 3 is 2.88 bits per heavy atom. The van der Waals surface area contributed by atoms with Gasteiger partial charge in [-0.05, 0) is 12.0 Å². The summed E-state index contributed by atoms with van der Waals surface area (Å²) < 4.78 is 0. The smallest absolute Gasteiger partial charge is 0.106 e. The molecule has 1 saturated heterocycles. The van der Waals surface area contributed by atoms with Crippen molar-refractivity contribution in [1.29, 1.82) is 5.26 Å². The summed E-state index contributed by atoms with van der Waals surface area (Å²) in [7, 11) is 0. The van der Waals surface area contributed by atoms with Gasteiger partial charge in [0, 0.05) is 13.0 Å². The number of nitrogens with zero attached hydrogens (tertiary/aromatic N) is 3. The quantitative estimate of drug-likeness (QED) is 0.722. The molecule has 3 nitrogen and oxygen atoms in total. The van der Waals surface area contributed by atoms with Crippen molar-refractivity contribution in [3.8, 4) is 6.07 Å². The molecule has 1 aromatic carbocycles. The number of hydrogen-bond donors (Lipinski definition) is 0. The molecule has 0 radical (unpaired) electrons. The van der Waals surface area contributed by atoms with E-state index in [0.29, 0.717) is 6.54 Å². The Bertz CT molecular complexity index is 403. The molecule has 0 unspecified atom stereocenters. The van der Waals surface area contributed by atoms with Crippen LogP contribution in [-0.4, -0.2) is 23.8 Å². The van der Waals surface area contributed by atoms with Crippen molar-refractivity contribution in [2.75, 3.05) is 13.1 Å². The van der Waals surface area contributed by atoms with Gasteiger partial charge in [-0.2, -0.15) is 5.26 Å². The summed E-state index contributed by atoms with van der Waals surface area (Å²) >= 11 is 0. The van der Waals surface area contributed by atoms with Crippen LogP contribution in [0, 0.1) is 11.3 Å². The van der Waals surface area contributed by atoms with Crippen molar-refractivity contribution >= 4 is 5.84 Å². The zero-order valence-corrected chi connectivity index (χ0v) is 9.26. The summed E-state index contributed by atoms with van der Waals surface area (Å²) in [6.45, 7) is 2.16. The van der Waals surface area contributed by atoms with E-state index in [2.05, 4.69) is 28.1 Å². The van der Waals surface area contributed by atoms with Crippen LogP contribution in [-0.2, 0) is 6.54 Å². The molecule has 1 aliphatic rings. The fraction of sp³-hybridized carbons (Fsp3) is 0.385. The van der Waals surface area contributed by atoms with E-state index in [-0.39, 0.29) is 0 Å². The van der Waals surface area contributed by atoms with Gasteiger partial charge in [-0.1, -0.05) is 30.3 Å². The van der Waals surface area contributed by atoms with E-state index in [1.54, 1.807) is 0 Å². The van der Waals surface area contributed by atoms with Crippen LogP contribution in [0.25, 0.3) is 0 Å². The molecule has 0 amide bonds. The minimum absolute atomic E-state index is 0.466.